The first kappa shape index (κ1) is 22.3. The van der Waals surface area contributed by atoms with Gasteiger partial charge in [-0.25, -0.2) is 0 Å². The zero-order chi connectivity index (χ0) is 19.9. The number of ketones is 1. The van der Waals surface area contributed by atoms with Gasteiger partial charge in [0.2, 0.25) is 0 Å². The Bertz CT molecular complexity index is 579. The standard InChI is InChI=1S/C21H34N2O3/c1-14(2)11-17(18(24)13-21(3,4)5)23-20(26)19(25)16(22)12-15-9-7-6-8-10-15/h6-10,14,16-17,19,25H,11-13,22H2,1-5H3,(H,23,26)/t16-,17+,19+/m1/s1. The highest BCUT2D eigenvalue weighted by molar-refractivity contribution is 5.91. The number of carbonyl (C=O) groups is 2. The molecule has 1 amide bonds. The summed E-state index contributed by atoms with van der Waals surface area (Å²) in [6.45, 7) is 9.97. The first-order valence-electron chi connectivity index (χ1n) is 9.30. The molecule has 1 aromatic carbocycles. The van der Waals surface area contributed by atoms with E-state index in [0.717, 1.165) is 5.56 Å². The monoisotopic (exact) mass is 362 g/mol. The molecular weight excluding hydrogens is 328 g/mol. The summed E-state index contributed by atoms with van der Waals surface area (Å²) in [5.74, 6) is -0.343. The normalized spacial score (nSPS) is 15.4. The van der Waals surface area contributed by atoms with Crippen LogP contribution in [0.1, 0.15) is 53.0 Å². The van der Waals surface area contributed by atoms with Crippen molar-refractivity contribution in [3.05, 3.63) is 35.9 Å². The summed E-state index contributed by atoms with van der Waals surface area (Å²) in [7, 11) is 0. The van der Waals surface area contributed by atoms with Crippen molar-refractivity contribution in [2.24, 2.45) is 17.1 Å². The van der Waals surface area contributed by atoms with Crippen molar-refractivity contribution in [3.63, 3.8) is 0 Å². The summed E-state index contributed by atoms with van der Waals surface area (Å²) in [6, 6.07) is 8.15. The van der Waals surface area contributed by atoms with Crippen LogP contribution in [-0.2, 0) is 16.0 Å². The van der Waals surface area contributed by atoms with Crippen LogP contribution < -0.4 is 11.1 Å². The van der Waals surface area contributed by atoms with Crippen LogP contribution in [-0.4, -0.2) is 35.0 Å². The Hall–Kier alpha value is -1.72. The molecule has 4 N–H and O–H groups in total. The lowest BCUT2D eigenvalue weighted by molar-refractivity contribution is -0.135. The summed E-state index contributed by atoms with van der Waals surface area (Å²) in [5, 5.41) is 13.0. The minimum Gasteiger partial charge on any atom is -0.382 e. The third kappa shape index (κ3) is 8.11. The molecule has 5 heteroatoms. The average Bonchev–Trinajstić information content (AvgIpc) is 2.52. The minimum atomic E-state index is -1.35. The molecule has 0 fully saturated rings. The van der Waals surface area contributed by atoms with Crippen LogP contribution in [0.3, 0.4) is 0 Å². The van der Waals surface area contributed by atoms with Gasteiger partial charge in [0.1, 0.15) is 6.10 Å². The molecule has 146 valence electrons. The lowest BCUT2D eigenvalue weighted by Gasteiger charge is -2.26. The van der Waals surface area contributed by atoms with Gasteiger partial charge in [0.15, 0.2) is 5.78 Å². The quantitative estimate of drug-likeness (QED) is 0.629. The molecule has 0 aliphatic heterocycles. The van der Waals surface area contributed by atoms with Crippen molar-refractivity contribution in [2.45, 2.75) is 72.1 Å². The number of aliphatic hydroxyl groups excluding tert-OH is 1. The molecule has 0 spiro atoms. The van der Waals surface area contributed by atoms with Crippen LogP contribution in [0.5, 0.6) is 0 Å². The van der Waals surface area contributed by atoms with Gasteiger partial charge >= 0.3 is 0 Å². The maximum absolute atomic E-state index is 12.6. The van der Waals surface area contributed by atoms with E-state index in [2.05, 4.69) is 5.32 Å². The number of Topliss-reactive ketones (excluding diaryl/α,β-unsaturated/α-hetero) is 1. The van der Waals surface area contributed by atoms with Gasteiger partial charge in [0, 0.05) is 12.5 Å². The third-order valence-electron chi connectivity index (χ3n) is 4.11. The van der Waals surface area contributed by atoms with E-state index in [-0.39, 0.29) is 17.1 Å². The summed E-state index contributed by atoms with van der Waals surface area (Å²) in [5.41, 5.74) is 6.81. The van der Waals surface area contributed by atoms with E-state index in [0.29, 0.717) is 19.3 Å². The van der Waals surface area contributed by atoms with Gasteiger partial charge in [-0.1, -0.05) is 65.0 Å². The molecule has 0 unspecified atom stereocenters. The fraction of sp³-hybridized carbons (Fsp3) is 0.619. The van der Waals surface area contributed by atoms with Gasteiger partial charge in [-0.2, -0.15) is 0 Å². The number of aliphatic hydroxyl groups is 1. The van der Waals surface area contributed by atoms with Gasteiger partial charge in [0.25, 0.3) is 5.91 Å². The van der Waals surface area contributed by atoms with E-state index < -0.39 is 24.1 Å². The van der Waals surface area contributed by atoms with E-state index in [1.807, 2.05) is 65.0 Å². The van der Waals surface area contributed by atoms with Gasteiger partial charge < -0.3 is 16.2 Å². The topological polar surface area (TPSA) is 92.4 Å². The first-order chi connectivity index (χ1) is 12.0. The second kappa shape index (κ2) is 9.83. The van der Waals surface area contributed by atoms with Crippen LogP contribution in [0.15, 0.2) is 30.3 Å². The number of nitrogens with two attached hydrogens (primary N) is 1. The molecule has 0 saturated carbocycles. The molecule has 0 radical (unpaired) electrons. The Kier molecular flexibility index (Phi) is 8.44. The summed E-state index contributed by atoms with van der Waals surface area (Å²) in [6.07, 6.45) is -0.0504. The van der Waals surface area contributed by atoms with E-state index in [1.165, 1.54) is 0 Å². The fourth-order valence-electron chi connectivity index (χ4n) is 2.84. The molecule has 0 aliphatic rings. The highest BCUT2D eigenvalue weighted by Gasteiger charge is 2.30. The number of hydrogen-bond donors (Lipinski definition) is 3. The predicted octanol–water partition coefficient (Wildman–Crippen LogP) is 2.45. The molecule has 0 aliphatic carbocycles. The lowest BCUT2D eigenvalue weighted by Crippen LogP contribution is -2.52. The van der Waals surface area contributed by atoms with Crippen LogP contribution in [0.25, 0.3) is 0 Å². The van der Waals surface area contributed by atoms with Crippen LogP contribution in [0, 0.1) is 11.3 Å². The predicted molar refractivity (Wildman–Crippen MR) is 105 cm³/mol. The van der Waals surface area contributed by atoms with E-state index in [4.69, 9.17) is 5.73 Å². The number of benzene rings is 1. The Morgan fingerprint density at radius 2 is 1.73 bits per heavy atom. The number of amides is 1. The van der Waals surface area contributed by atoms with Crippen LogP contribution in [0.2, 0.25) is 0 Å². The van der Waals surface area contributed by atoms with E-state index in [9.17, 15) is 14.7 Å². The molecule has 0 heterocycles. The molecule has 5 nitrogen and oxygen atoms in total. The molecule has 1 rings (SSSR count). The SMILES string of the molecule is CC(C)C[C@H](NC(=O)[C@@H](O)[C@H](N)Cc1ccccc1)C(=O)CC(C)(C)C. The van der Waals surface area contributed by atoms with E-state index >= 15 is 0 Å². The van der Waals surface area contributed by atoms with Gasteiger partial charge in [-0.05, 0) is 29.7 Å². The van der Waals surface area contributed by atoms with Crippen LogP contribution >= 0.6 is 0 Å². The largest absolute Gasteiger partial charge is 0.382 e. The zero-order valence-corrected chi connectivity index (χ0v) is 16.7. The van der Waals surface area contributed by atoms with Crippen molar-refractivity contribution >= 4 is 11.7 Å². The molecule has 0 aromatic heterocycles. The third-order valence-corrected chi connectivity index (χ3v) is 4.11. The van der Waals surface area contributed by atoms with E-state index in [1.54, 1.807) is 0 Å². The van der Waals surface area contributed by atoms with Crippen molar-refractivity contribution < 1.29 is 14.7 Å². The second-order valence-corrected chi connectivity index (χ2v) is 8.69. The number of hydrogen-bond acceptors (Lipinski definition) is 4. The number of rotatable bonds is 9. The molecule has 3 atom stereocenters. The number of nitrogens with one attached hydrogen (secondary N) is 1. The first-order valence-corrected chi connectivity index (χ1v) is 9.30. The summed E-state index contributed by atoms with van der Waals surface area (Å²) >= 11 is 0. The smallest absolute Gasteiger partial charge is 0.251 e. The molecular formula is C21H34N2O3. The van der Waals surface area contributed by atoms with Crippen molar-refractivity contribution in [3.8, 4) is 0 Å². The van der Waals surface area contributed by atoms with Crippen molar-refractivity contribution in [1.82, 2.24) is 5.32 Å². The van der Waals surface area contributed by atoms with Crippen molar-refractivity contribution in [1.29, 1.82) is 0 Å². The highest BCUT2D eigenvalue weighted by atomic mass is 16.3. The molecule has 0 saturated heterocycles. The molecule has 0 bridgehead atoms. The Balaban J connectivity index is 2.73. The van der Waals surface area contributed by atoms with Crippen molar-refractivity contribution in [2.75, 3.05) is 0 Å². The summed E-state index contributed by atoms with van der Waals surface area (Å²) in [4.78, 5) is 25.0. The maximum Gasteiger partial charge on any atom is 0.251 e. The Morgan fingerprint density at radius 1 is 1.15 bits per heavy atom. The van der Waals surface area contributed by atoms with Crippen LogP contribution in [0.4, 0.5) is 0 Å². The average molecular weight is 363 g/mol. The summed E-state index contributed by atoms with van der Waals surface area (Å²) < 4.78 is 0. The zero-order valence-electron chi connectivity index (χ0n) is 16.7. The minimum absolute atomic E-state index is 0.0108. The Labute approximate surface area is 157 Å². The Morgan fingerprint density at radius 3 is 2.23 bits per heavy atom. The number of carbonyl (C=O) groups excluding carboxylic acids is 2. The van der Waals surface area contributed by atoms with Gasteiger partial charge in [-0.15, -0.1) is 0 Å². The van der Waals surface area contributed by atoms with Gasteiger partial charge in [0.05, 0.1) is 6.04 Å². The highest BCUT2D eigenvalue weighted by Crippen LogP contribution is 2.21. The van der Waals surface area contributed by atoms with Gasteiger partial charge in [-0.3, -0.25) is 9.59 Å². The molecule has 26 heavy (non-hydrogen) atoms. The second-order valence-electron chi connectivity index (χ2n) is 8.69. The maximum atomic E-state index is 12.6. The fourth-order valence-corrected chi connectivity index (χ4v) is 2.84. The lowest BCUT2D eigenvalue weighted by atomic mass is 9.86. The molecule has 1 aromatic rings.